The van der Waals surface area contributed by atoms with Crippen LogP contribution in [0.25, 0.3) is 11.0 Å². The van der Waals surface area contributed by atoms with Crippen LogP contribution in [0.3, 0.4) is 0 Å². The van der Waals surface area contributed by atoms with Crippen molar-refractivity contribution in [2.24, 2.45) is 0 Å². The number of halogens is 2. The van der Waals surface area contributed by atoms with Crippen LogP contribution < -0.4 is 5.69 Å². The van der Waals surface area contributed by atoms with E-state index in [4.69, 9.17) is 0 Å². The summed E-state index contributed by atoms with van der Waals surface area (Å²) in [5.41, 5.74) is 1.82. The number of carbonyl (C=O) groups is 1. The van der Waals surface area contributed by atoms with E-state index in [1.807, 2.05) is 0 Å². The predicted molar refractivity (Wildman–Crippen MR) is 81.2 cm³/mol. The van der Waals surface area contributed by atoms with Crippen molar-refractivity contribution >= 4 is 32.7 Å². The Labute approximate surface area is 127 Å². The van der Waals surface area contributed by atoms with Gasteiger partial charge in [-0.3, -0.25) is 4.79 Å². The molecule has 2 aromatic carbocycles. The fourth-order valence-electron chi connectivity index (χ4n) is 2.19. The van der Waals surface area contributed by atoms with Gasteiger partial charge in [-0.05, 0) is 47.1 Å². The quantitative estimate of drug-likeness (QED) is 0.698. The van der Waals surface area contributed by atoms with E-state index in [1.54, 1.807) is 19.1 Å². The standard InChI is InChI=1S/C15H10BrFN2O2/c1-7-2-3-11(17)9(4-7)14(20)8-5-12-13(6-10(8)16)19-15(21)18-12/h2-6H,1H3,(H2,18,19,21). The normalized spacial score (nSPS) is 11.0. The number of rotatable bonds is 2. The number of nitrogens with one attached hydrogen (secondary N) is 2. The van der Waals surface area contributed by atoms with E-state index in [0.29, 0.717) is 21.1 Å². The van der Waals surface area contributed by atoms with E-state index in [0.717, 1.165) is 5.56 Å². The van der Waals surface area contributed by atoms with Crippen molar-refractivity contribution in [2.75, 3.05) is 0 Å². The van der Waals surface area contributed by atoms with Crippen molar-refractivity contribution < 1.29 is 9.18 Å². The molecule has 6 heteroatoms. The average Bonchev–Trinajstić information content (AvgIpc) is 2.79. The van der Waals surface area contributed by atoms with Crippen LogP contribution in [-0.2, 0) is 0 Å². The van der Waals surface area contributed by atoms with Gasteiger partial charge in [-0.2, -0.15) is 0 Å². The molecule has 0 saturated carbocycles. The third kappa shape index (κ3) is 2.42. The molecule has 0 saturated heterocycles. The number of benzene rings is 2. The number of ketones is 1. The number of hydrogen-bond acceptors (Lipinski definition) is 2. The number of imidazole rings is 1. The Morgan fingerprint density at radius 3 is 2.48 bits per heavy atom. The molecule has 1 aromatic heterocycles. The summed E-state index contributed by atoms with van der Waals surface area (Å²) in [6, 6.07) is 7.53. The van der Waals surface area contributed by atoms with Gasteiger partial charge in [-0.15, -0.1) is 0 Å². The first-order chi connectivity index (χ1) is 9.95. The van der Waals surface area contributed by atoms with Gasteiger partial charge in [-0.25, -0.2) is 9.18 Å². The SMILES string of the molecule is Cc1ccc(F)c(C(=O)c2cc3[nH]c(=O)[nH]c3cc2Br)c1. The zero-order valence-corrected chi connectivity index (χ0v) is 12.5. The number of hydrogen-bond donors (Lipinski definition) is 2. The van der Waals surface area contributed by atoms with Gasteiger partial charge in [-0.1, -0.05) is 11.6 Å². The maximum atomic E-state index is 13.9. The minimum absolute atomic E-state index is 0.00735. The molecular formula is C15H10BrFN2O2. The molecule has 4 nitrogen and oxygen atoms in total. The lowest BCUT2D eigenvalue weighted by atomic mass is 10.0. The number of aryl methyl sites for hydroxylation is 1. The van der Waals surface area contributed by atoms with Crippen molar-refractivity contribution in [3.05, 3.63) is 67.8 Å². The van der Waals surface area contributed by atoms with E-state index >= 15 is 0 Å². The summed E-state index contributed by atoms with van der Waals surface area (Å²) in [6.45, 7) is 1.79. The maximum Gasteiger partial charge on any atom is 0.323 e. The summed E-state index contributed by atoms with van der Waals surface area (Å²) >= 11 is 3.29. The average molecular weight is 349 g/mol. The molecule has 0 aliphatic heterocycles. The van der Waals surface area contributed by atoms with Gasteiger partial charge in [0.2, 0.25) is 0 Å². The van der Waals surface area contributed by atoms with Crippen LogP contribution in [0.5, 0.6) is 0 Å². The summed E-state index contributed by atoms with van der Waals surface area (Å²) in [5, 5.41) is 0. The lowest BCUT2D eigenvalue weighted by molar-refractivity contribution is 0.103. The fraction of sp³-hybridized carbons (Fsp3) is 0.0667. The second-order valence-electron chi connectivity index (χ2n) is 4.77. The predicted octanol–water partition coefficient (Wildman–Crippen LogP) is 3.30. The van der Waals surface area contributed by atoms with Gasteiger partial charge in [0.1, 0.15) is 5.82 Å². The van der Waals surface area contributed by atoms with Crippen molar-refractivity contribution in [1.82, 2.24) is 9.97 Å². The van der Waals surface area contributed by atoms with Crippen LogP contribution in [0.2, 0.25) is 0 Å². The van der Waals surface area contributed by atoms with Crippen LogP contribution in [0.1, 0.15) is 21.5 Å². The van der Waals surface area contributed by atoms with E-state index in [1.165, 1.54) is 18.2 Å². The molecule has 0 fully saturated rings. The number of aromatic amines is 2. The highest BCUT2D eigenvalue weighted by Gasteiger charge is 2.18. The summed E-state index contributed by atoms with van der Waals surface area (Å²) in [4.78, 5) is 29.0. The highest BCUT2D eigenvalue weighted by Crippen LogP contribution is 2.25. The van der Waals surface area contributed by atoms with Crippen molar-refractivity contribution in [2.45, 2.75) is 6.92 Å². The van der Waals surface area contributed by atoms with E-state index in [-0.39, 0.29) is 11.3 Å². The van der Waals surface area contributed by atoms with Crippen LogP contribution in [0.4, 0.5) is 4.39 Å². The molecule has 0 unspecified atom stereocenters. The molecule has 3 aromatic rings. The second kappa shape index (κ2) is 4.96. The molecule has 0 amide bonds. The molecule has 0 radical (unpaired) electrons. The van der Waals surface area contributed by atoms with E-state index in [2.05, 4.69) is 25.9 Å². The molecule has 0 aliphatic carbocycles. The minimum atomic E-state index is -0.569. The third-order valence-electron chi connectivity index (χ3n) is 3.21. The number of fused-ring (bicyclic) bond motifs is 1. The largest absolute Gasteiger partial charge is 0.323 e. The molecule has 0 spiro atoms. The van der Waals surface area contributed by atoms with Crippen molar-refractivity contribution in [1.29, 1.82) is 0 Å². The Morgan fingerprint density at radius 2 is 1.76 bits per heavy atom. The summed E-state index contributed by atoms with van der Waals surface area (Å²) in [6.07, 6.45) is 0. The topological polar surface area (TPSA) is 65.7 Å². The van der Waals surface area contributed by atoms with Gasteiger partial charge >= 0.3 is 5.69 Å². The number of carbonyl (C=O) groups excluding carboxylic acids is 1. The summed E-state index contributed by atoms with van der Waals surface area (Å²) < 4.78 is 14.4. The molecule has 106 valence electrons. The van der Waals surface area contributed by atoms with Crippen LogP contribution in [0, 0.1) is 12.7 Å². The van der Waals surface area contributed by atoms with Crippen molar-refractivity contribution in [3.63, 3.8) is 0 Å². The fourth-order valence-corrected chi connectivity index (χ4v) is 2.71. The molecule has 2 N–H and O–H groups in total. The number of aromatic nitrogens is 2. The molecule has 21 heavy (non-hydrogen) atoms. The first-order valence-electron chi connectivity index (χ1n) is 6.18. The smallest absolute Gasteiger partial charge is 0.306 e. The van der Waals surface area contributed by atoms with Gasteiger partial charge in [0.15, 0.2) is 5.78 Å². The summed E-state index contributed by atoms with van der Waals surface area (Å²) in [7, 11) is 0. The molecule has 0 aliphatic rings. The first-order valence-corrected chi connectivity index (χ1v) is 6.97. The lowest BCUT2D eigenvalue weighted by Crippen LogP contribution is -2.06. The molecule has 0 atom stereocenters. The molecule has 0 bridgehead atoms. The monoisotopic (exact) mass is 348 g/mol. The van der Waals surface area contributed by atoms with Crippen LogP contribution >= 0.6 is 15.9 Å². The van der Waals surface area contributed by atoms with Gasteiger partial charge < -0.3 is 9.97 Å². The highest BCUT2D eigenvalue weighted by atomic mass is 79.9. The van der Waals surface area contributed by atoms with Gasteiger partial charge in [0, 0.05) is 10.0 Å². The third-order valence-corrected chi connectivity index (χ3v) is 3.87. The Bertz CT molecular complexity index is 927. The maximum absolute atomic E-state index is 13.9. The minimum Gasteiger partial charge on any atom is -0.306 e. The molecular weight excluding hydrogens is 339 g/mol. The summed E-state index contributed by atoms with van der Waals surface area (Å²) in [5.74, 6) is -1.01. The van der Waals surface area contributed by atoms with Gasteiger partial charge in [0.25, 0.3) is 0 Å². The van der Waals surface area contributed by atoms with Crippen LogP contribution in [0.15, 0.2) is 39.6 Å². The van der Waals surface area contributed by atoms with Gasteiger partial charge in [0.05, 0.1) is 16.6 Å². The van der Waals surface area contributed by atoms with E-state index < -0.39 is 11.6 Å². The first kappa shape index (κ1) is 13.8. The zero-order valence-electron chi connectivity index (χ0n) is 11.0. The Morgan fingerprint density at radius 1 is 1.10 bits per heavy atom. The second-order valence-corrected chi connectivity index (χ2v) is 5.62. The zero-order chi connectivity index (χ0) is 15.1. The molecule has 3 rings (SSSR count). The highest BCUT2D eigenvalue weighted by molar-refractivity contribution is 9.10. The Kier molecular flexibility index (Phi) is 3.25. The van der Waals surface area contributed by atoms with E-state index in [9.17, 15) is 14.0 Å². The molecule has 1 heterocycles. The van der Waals surface area contributed by atoms with Crippen LogP contribution in [-0.4, -0.2) is 15.8 Å². The number of H-pyrrole nitrogens is 2. The Balaban J connectivity index is 2.19. The Hall–Kier alpha value is -2.21. The van der Waals surface area contributed by atoms with Crippen molar-refractivity contribution in [3.8, 4) is 0 Å². The lowest BCUT2D eigenvalue weighted by Gasteiger charge is -2.06.